The van der Waals surface area contributed by atoms with Gasteiger partial charge in [0.25, 0.3) is 5.91 Å². The van der Waals surface area contributed by atoms with Gasteiger partial charge in [-0.25, -0.2) is 4.98 Å². The minimum absolute atomic E-state index is 0.160. The number of anilines is 1. The quantitative estimate of drug-likeness (QED) is 0.724. The number of carbonyl (C=O) groups is 1. The lowest BCUT2D eigenvalue weighted by molar-refractivity contribution is 0.102. The van der Waals surface area contributed by atoms with Crippen molar-refractivity contribution in [2.45, 2.75) is 26.7 Å². The van der Waals surface area contributed by atoms with Crippen LogP contribution in [0.5, 0.6) is 0 Å². The molecule has 0 saturated heterocycles. The third-order valence-electron chi connectivity index (χ3n) is 3.95. The molecule has 1 amide bonds. The summed E-state index contributed by atoms with van der Waals surface area (Å²) in [4.78, 5) is 17.6. The number of hydrogen-bond donors (Lipinski definition) is 1. The molecular weight excluding hydrogens is 368 g/mol. The molecule has 0 radical (unpaired) electrons. The van der Waals surface area contributed by atoms with Gasteiger partial charge in [-0.05, 0) is 47.0 Å². The van der Waals surface area contributed by atoms with Crippen LogP contribution in [0, 0.1) is 6.92 Å². The van der Waals surface area contributed by atoms with E-state index in [1.807, 2.05) is 44.3 Å². The summed E-state index contributed by atoms with van der Waals surface area (Å²) in [6.07, 6.45) is 0. The molecule has 3 rings (SSSR count). The molecule has 1 aromatic carbocycles. The third-order valence-corrected chi connectivity index (χ3v) is 4.64. The summed E-state index contributed by atoms with van der Waals surface area (Å²) in [5.74, 6) is 0.0620. The van der Waals surface area contributed by atoms with Gasteiger partial charge in [0.1, 0.15) is 0 Å². The Balaban J connectivity index is 2.13. The molecule has 0 saturated carbocycles. The Hall–Kier alpha value is -2.21. The highest BCUT2D eigenvalue weighted by atomic mass is 79.9. The van der Waals surface area contributed by atoms with Crippen LogP contribution in [0.25, 0.3) is 11.0 Å². The lowest BCUT2D eigenvalue weighted by atomic mass is 10.0. The highest BCUT2D eigenvalue weighted by Gasteiger charge is 2.20. The standard InChI is InChI=1S/C18H19BrN4O/c1-10(2)15-9-12(16-11(3)22-23(4)17(16)20-15)18(24)21-14-8-6-5-7-13(14)19/h5-10H,1-4H3,(H,21,24). The fraction of sp³-hybridized carbons (Fsp3) is 0.278. The lowest BCUT2D eigenvalue weighted by Crippen LogP contribution is -2.14. The SMILES string of the molecule is Cc1nn(C)c2nc(C(C)C)cc(C(=O)Nc3ccccc3Br)c12. The average molecular weight is 387 g/mol. The van der Waals surface area contributed by atoms with E-state index in [4.69, 9.17) is 0 Å². The molecule has 0 fully saturated rings. The first-order valence-corrected chi connectivity index (χ1v) is 8.58. The molecule has 6 heteroatoms. The summed E-state index contributed by atoms with van der Waals surface area (Å²) in [6.45, 7) is 6.02. The molecule has 5 nitrogen and oxygen atoms in total. The molecule has 0 bridgehead atoms. The average Bonchev–Trinajstić information content (AvgIpc) is 2.83. The van der Waals surface area contributed by atoms with E-state index >= 15 is 0 Å². The molecule has 2 aromatic heterocycles. The van der Waals surface area contributed by atoms with Gasteiger partial charge in [0.15, 0.2) is 5.65 Å². The van der Waals surface area contributed by atoms with E-state index in [0.29, 0.717) is 5.56 Å². The Kier molecular flexibility index (Phi) is 4.41. The van der Waals surface area contributed by atoms with Gasteiger partial charge in [-0.15, -0.1) is 0 Å². The number of benzene rings is 1. The number of hydrogen-bond acceptors (Lipinski definition) is 3. The minimum atomic E-state index is -0.160. The van der Waals surface area contributed by atoms with Gasteiger partial charge in [0.05, 0.1) is 22.3 Å². The Morgan fingerprint density at radius 1 is 1.29 bits per heavy atom. The lowest BCUT2D eigenvalue weighted by Gasteiger charge is -2.11. The van der Waals surface area contributed by atoms with Crippen LogP contribution in [0.2, 0.25) is 0 Å². The number of amides is 1. The summed E-state index contributed by atoms with van der Waals surface area (Å²) < 4.78 is 2.57. The predicted molar refractivity (Wildman–Crippen MR) is 99.4 cm³/mol. The molecule has 0 spiro atoms. The molecule has 0 aliphatic heterocycles. The van der Waals surface area contributed by atoms with Crippen LogP contribution in [-0.4, -0.2) is 20.7 Å². The normalized spacial score (nSPS) is 11.2. The van der Waals surface area contributed by atoms with E-state index < -0.39 is 0 Å². The third kappa shape index (κ3) is 2.94. The van der Waals surface area contributed by atoms with Crippen LogP contribution in [-0.2, 0) is 7.05 Å². The molecule has 0 aliphatic rings. The van der Waals surface area contributed by atoms with Crippen molar-refractivity contribution < 1.29 is 4.79 Å². The van der Waals surface area contributed by atoms with E-state index in [-0.39, 0.29) is 11.8 Å². The number of fused-ring (bicyclic) bond motifs is 1. The molecule has 0 unspecified atom stereocenters. The van der Waals surface area contributed by atoms with Crippen LogP contribution >= 0.6 is 15.9 Å². The van der Waals surface area contributed by atoms with Crippen LogP contribution in [0.1, 0.15) is 41.5 Å². The van der Waals surface area contributed by atoms with Gasteiger partial charge in [-0.2, -0.15) is 5.10 Å². The zero-order chi connectivity index (χ0) is 17.4. The maximum absolute atomic E-state index is 12.9. The zero-order valence-corrected chi connectivity index (χ0v) is 15.7. The number of nitrogens with one attached hydrogen (secondary N) is 1. The topological polar surface area (TPSA) is 59.8 Å². The van der Waals surface area contributed by atoms with Crippen molar-refractivity contribution in [2.75, 3.05) is 5.32 Å². The summed E-state index contributed by atoms with van der Waals surface area (Å²) >= 11 is 3.46. The second-order valence-electron chi connectivity index (χ2n) is 6.09. The Morgan fingerprint density at radius 3 is 2.67 bits per heavy atom. The number of pyridine rings is 1. The highest BCUT2D eigenvalue weighted by Crippen LogP contribution is 2.27. The van der Waals surface area contributed by atoms with Crippen molar-refractivity contribution in [1.82, 2.24) is 14.8 Å². The summed E-state index contributed by atoms with van der Waals surface area (Å²) in [7, 11) is 1.85. The van der Waals surface area contributed by atoms with Crippen molar-refractivity contribution in [1.29, 1.82) is 0 Å². The smallest absolute Gasteiger partial charge is 0.256 e. The second kappa shape index (κ2) is 6.36. The number of aromatic nitrogens is 3. The molecule has 0 aliphatic carbocycles. The van der Waals surface area contributed by atoms with Crippen molar-refractivity contribution in [3.8, 4) is 0 Å². The number of para-hydroxylation sites is 1. The molecule has 3 aromatic rings. The van der Waals surface area contributed by atoms with Gasteiger partial charge in [-0.3, -0.25) is 9.48 Å². The van der Waals surface area contributed by atoms with Gasteiger partial charge < -0.3 is 5.32 Å². The Labute approximate surface area is 149 Å². The summed E-state index contributed by atoms with van der Waals surface area (Å²) in [6, 6.07) is 9.42. The second-order valence-corrected chi connectivity index (χ2v) is 6.95. The molecule has 124 valence electrons. The van der Waals surface area contributed by atoms with E-state index in [1.54, 1.807) is 4.68 Å². The van der Waals surface area contributed by atoms with Gasteiger partial charge >= 0.3 is 0 Å². The number of carbonyl (C=O) groups excluding carboxylic acids is 1. The zero-order valence-electron chi connectivity index (χ0n) is 14.1. The van der Waals surface area contributed by atoms with E-state index in [0.717, 1.165) is 32.6 Å². The highest BCUT2D eigenvalue weighted by molar-refractivity contribution is 9.10. The Morgan fingerprint density at radius 2 is 2.00 bits per heavy atom. The van der Waals surface area contributed by atoms with Gasteiger partial charge in [0.2, 0.25) is 0 Å². The molecule has 1 N–H and O–H groups in total. The van der Waals surface area contributed by atoms with Crippen molar-refractivity contribution in [3.05, 3.63) is 51.8 Å². The van der Waals surface area contributed by atoms with Crippen LogP contribution in [0.3, 0.4) is 0 Å². The number of halogens is 1. The predicted octanol–water partition coefficient (Wildman–Crippen LogP) is 4.41. The van der Waals surface area contributed by atoms with Crippen molar-refractivity contribution in [3.63, 3.8) is 0 Å². The van der Waals surface area contributed by atoms with Gasteiger partial charge in [0, 0.05) is 17.2 Å². The molecule has 0 atom stereocenters. The maximum atomic E-state index is 12.9. The molecular formula is C18H19BrN4O. The van der Waals surface area contributed by atoms with E-state index in [2.05, 4.69) is 45.2 Å². The van der Waals surface area contributed by atoms with Crippen molar-refractivity contribution in [2.24, 2.45) is 7.05 Å². The molecule has 2 heterocycles. The first-order chi connectivity index (χ1) is 11.4. The maximum Gasteiger partial charge on any atom is 0.256 e. The number of nitrogens with zero attached hydrogens (tertiary/aromatic N) is 3. The molecule has 24 heavy (non-hydrogen) atoms. The fourth-order valence-corrected chi connectivity index (χ4v) is 3.08. The van der Waals surface area contributed by atoms with E-state index in [9.17, 15) is 4.79 Å². The first-order valence-electron chi connectivity index (χ1n) is 7.78. The fourth-order valence-electron chi connectivity index (χ4n) is 2.69. The van der Waals surface area contributed by atoms with Crippen LogP contribution in [0.4, 0.5) is 5.69 Å². The number of rotatable bonds is 3. The van der Waals surface area contributed by atoms with Gasteiger partial charge in [-0.1, -0.05) is 26.0 Å². The summed E-state index contributed by atoms with van der Waals surface area (Å²) in [5, 5.41) is 8.19. The van der Waals surface area contributed by atoms with Crippen molar-refractivity contribution >= 4 is 38.6 Å². The Bertz CT molecular complexity index is 930. The monoisotopic (exact) mass is 386 g/mol. The largest absolute Gasteiger partial charge is 0.321 e. The van der Waals surface area contributed by atoms with E-state index in [1.165, 1.54) is 0 Å². The van der Waals surface area contributed by atoms with Crippen LogP contribution in [0.15, 0.2) is 34.8 Å². The number of aryl methyl sites for hydroxylation is 2. The first kappa shape index (κ1) is 16.6. The minimum Gasteiger partial charge on any atom is -0.321 e. The van der Waals surface area contributed by atoms with Crippen LogP contribution < -0.4 is 5.32 Å². The summed E-state index contributed by atoms with van der Waals surface area (Å²) in [5.41, 5.74) is 3.75.